The summed E-state index contributed by atoms with van der Waals surface area (Å²) in [5.74, 6) is -0.00133. The molecule has 0 amide bonds. The van der Waals surface area contributed by atoms with Crippen molar-refractivity contribution < 1.29 is 25.2 Å². The Morgan fingerprint density at radius 3 is 2.74 bits per heavy atom. The molecule has 0 saturated heterocycles. The molecule has 5 heteroatoms. The number of carbonyl (C=O) groups is 1. The highest BCUT2D eigenvalue weighted by Gasteiger charge is 2.37. The lowest BCUT2D eigenvalue weighted by atomic mass is 9.64. The number of hydrogen-bond donors (Lipinski definition) is 4. The van der Waals surface area contributed by atoms with Gasteiger partial charge in [0.15, 0.2) is 0 Å². The summed E-state index contributed by atoms with van der Waals surface area (Å²) in [6, 6.07) is 0. The molecule has 1 fully saturated rings. The lowest BCUT2D eigenvalue weighted by Gasteiger charge is -2.42. The van der Waals surface area contributed by atoms with Crippen molar-refractivity contribution >= 4 is 5.97 Å². The third kappa shape index (κ3) is 5.03. The van der Waals surface area contributed by atoms with Crippen LogP contribution >= 0.6 is 0 Å². The Kier molecular flexibility index (Phi) is 6.62. The fourth-order valence-electron chi connectivity index (χ4n) is 4.32. The van der Waals surface area contributed by atoms with E-state index in [1.165, 1.54) is 18.4 Å². The summed E-state index contributed by atoms with van der Waals surface area (Å²) in [6.45, 7) is 2.07. The first-order chi connectivity index (χ1) is 10.9. The van der Waals surface area contributed by atoms with E-state index in [2.05, 4.69) is 6.92 Å². The Hall–Kier alpha value is -0.910. The predicted octanol–water partition coefficient (Wildman–Crippen LogP) is 2.10. The summed E-state index contributed by atoms with van der Waals surface area (Å²) in [5, 5.41) is 38.6. The molecule has 0 aliphatic heterocycles. The van der Waals surface area contributed by atoms with Crippen LogP contribution in [0.1, 0.15) is 58.3 Å². The van der Waals surface area contributed by atoms with Crippen LogP contribution in [-0.2, 0) is 4.79 Å². The first-order valence-electron chi connectivity index (χ1n) is 8.85. The predicted molar refractivity (Wildman–Crippen MR) is 86.8 cm³/mol. The van der Waals surface area contributed by atoms with Crippen molar-refractivity contribution in [2.45, 2.75) is 76.6 Å². The van der Waals surface area contributed by atoms with Crippen molar-refractivity contribution in [1.29, 1.82) is 0 Å². The molecule has 1 saturated carbocycles. The molecule has 6 atom stereocenters. The van der Waals surface area contributed by atoms with Crippen molar-refractivity contribution in [3.8, 4) is 0 Å². The van der Waals surface area contributed by atoms with Gasteiger partial charge in [-0.25, -0.2) is 0 Å². The van der Waals surface area contributed by atoms with Gasteiger partial charge in [-0.2, -0.15) is 0 Å². The van der Waals surface area contributed by atoms with Crippen molar-refractivity contribution in [2.24, 2.45) is 17.8 Å². The van der Waals surface area contributed by atoms with E-state index >= 15 is 0 Å². The number of carboxylic acid groups (broad SMARTS) is 1. The van der Waals surface area contributed by atoms with E-state index in [9.17, 15) is 20.1 Å². The number of hydrogen-bond acceptors (Lipinski definition) is 4. The second-order valence-corrected chi connectivity index (χ2v) is 7.33. The van der Waals surface area contributed by atoms with Crippen LogP contribution in [0.4, 0.5) is 0 Å². The van der Waals surface area contributed by atoms with Gasteiger partial charge in [0.05, 0.1) is 24.7 Å². The molecule has 0 bridgehead atoms. The van der Waals surface area contributed by atoms with Crippen molar-refractivity contribution in [3.05, 3.63) is 11.6 Å². The molecular formula is C18H30O5. The zero-order valence-corrected chi connectivity index (χ0v) is 13.9. The zero-order valence-electron chi connectivity index (χ0n) is 13.9. The quantitative estimate of drug-likeness (QED) is 0.537. The number of aliphatic hydroxyl groups is 3. The van der Waals surface area contributed by atoms with E-state index < -0.39 is 24.3 Å². The van der Waals surface area contributed by atoms with Crippen LogP contribution in [0.3, 0.4) is 0 Å². The van der Waals surface area contributed by atoms with Gasteiger partial charge in [0.25, 0.3) is 0 Å². The number of fused-ring (bicyclic) bond motifs is 1. The Morgan fingerprint density at radius 1 is 1.30 bits per heavy atom. The van der Waals surface area contributed by atoms with Crippen LogP contribution in [0, 0.1) is 17.8 Å². The minimum Gasteiger partial charge on any atom is -0.481 e. The number of aliphatic carboxylic acids is 1. The van der Waals surface area contributed by atoms with Gasteiger partial charge in [0, 0.05) is 0 Å². The second kappa shape index (κ2) is 8.27. The van der Waals surface area contributed by atoms with Crippen LogP contribution in [0.5, 0.6) is 0 Å². The highest BCUT2D eigenvalue weighted by atomic mass is 16.4. The average molecular weight is 326 g/mol. The minimum absolute atomic E-state index is 0.101. The molecule has 0 spiro atoms. The average Bonchev–Trinajstić information content (AvgIpc) is 2.46. The van der Waals surface area contributed by atoms with Crippen LogP contribution in [0.15, 0.2) is 11.6 Å². The summed E-state index contributed by atoms with van der Waals surface area (Å²) in [7, 11) is 0. The highest BCUT2D eigenvalue weighted by Crippen LogP contribution is 2.45. The van der Waals surface area contributed by atoms with Gasteiger partial charge in [-0.3, -0.25) is 4.79 Å². The van der Waals surface area contributed by atoms with Crippen molar-refractivity contribution in [2.75, 3.05) is 0 Å². The third-order valence-electron chi connectivity index (χ3n) is 5.61. The summed E-state index contributed by atoms with van der Waals surface area (Å²) >= 11 is 0. The van der Waals surface area contributed by atoms with E-state index in [4.69, 9.17) is 5.11 Å². The first kappa shape index (κ1) is 18.4. The van der Waals surface area contributed by atoms with Gasteiger partial charge < -0.3 is 20.4 Å². The summed E-state index contributed by atoms with van der Waals surface area (Å²) in [4.78, 5) is 10.6. The Bertz CT molecular complexity index is 433. The zero-order chi connectivity index (χ0) is 17.0. The molecule has 132 valence electrons. The van der Waals surface area contributed by atoms with Gasteiger partial charge >= 0.3 is 5.97 Å². The largest absolute Gasteiger partial charge is 0.481 e. The molecule has 2 aliphatic carbocycles. The maximum atomic E-state index is 10.6. The maximum Gasteiger partial charge on any atom is 0.305 e. The Balaban J connectivity index is 1.88. The van der Waals surface area contributed by atoms with E-state index in [0.29, 0.717) is 18.3 Å². The van der Waals surface area contributed by atoms with Gasteiger partial charge in [-0.05, 0) is 56.3 Å². The number of rotatable bonds is 7. The van der Waals surface area contributed by atoms with Crippen molar-refractivity contribution in [3.63, 3.8) is 0 Å². The normalized spacial score (nSPS) is 33.5. The molecular weight excluding hydrogens is 296 g/mol. The van der Waals surface area contributed by atoms with E-state index in [-0.39, 0.29) is 18.8 Å². The van der Waals surface area contributed by atoms with Crippen LogP contribution in [0.2, 0.25) is 0 Å². The number of allylic oxidation sites excluding steroid dienone is 1. The third-order valence-corrected chi connectivity index (χ3v) is 5.61. The number of aliphatic hydroxyl groups excluding tert-OH is 3. The summed E-state index contributed by atoms with van der Waals surface area (Å²) in [5.41, 5.74) is 1.38. The van der Waals surface area contributed by atoms with Crippen LogP contribution in [0.25, 0.3) is 0 Å². The molecule has 0 aromatic carbocycles. The molecule has 2 aliphatic rings. The second-order valence-electron chi connectivity index (χ2n) is 7.33. The lowest BCUT2D eigenvalue weighted by molar-refractivity contribution is -0.139. The van der Waals surface area contributed by atoms with Gasteiger partial charge in [-0.1, -0.05) is 25.0 Å². The van der Waals surface area contributed by atoms with E-state index in [0.717, 1.165) is 19.3 Å². The molecule has 0 heterocycles. The van der Waals surface area contributed by atoms with E-state index in [1.807, 2.05) is 6.08 Å². The Labute approximate surface area is 138 Å². The molecule has 0 aromatic rings. The number of carboxylic acids is 1. The van der Waals surface area contributed by atoms with Crippen LogP contribution in [-0.4, -0.2) is 44.7 Å². The fourth-order valence-corrected chi connectivity index (χ4v) is 4.32. The standard InChI is InChI=1S/C18H30O5/c1-11-15(7-6-13(19)9-14(20)10-18(22)23)16-5-3-2-4-12(16)8-17(11)21/h8,11,13-17,19-21H,2-7,9-10H2,1H3,(H,22,23)/t11-,13-,14-,15+,16+,17-/m1/s1. The van der Waals surface area contributed by atoms with Gasteiger partial charge in [-0.15, -0.1) is 0 Å². The smallest absolute Gasteiger partial charge is 0.305 e. The molecule has 0 radical (unpaired) electrons. The molecule has 0 aromatic heterocycles. The van der Waals surface area contributed by atoms with Crippen LogP contribution < -0.4 is 0 Å². The molecule has 23 heavy (non-hydrogen) atoms. The topological polar surface area (TPSA) is 98.0 Å². The van der Waals surface area contributed by atoms with Gasteiger partial charge in [0.1, 0.15) is 0 Å². The highest BCUT2D eigenvalue weighted by molar-refractivity contribution is 5.67. The SMILES string of the molecule is C[C@@H]1[C@H](CC[C@@H](O)C[C@@H](O)CC(=O)O)[C@H]2CCCCC2=C[C@H]1O. The summed E-state index contributed by atoms with van der Waals surface area (Å²) in [6.07, 6.45) is 5.72. The summed E-state index contributed by atoms with van der Waals surface area (Å²) < 4.78 is 0. The molecule has 4 N–H and O–H groups in total. The first-order valence-corrected chi connectivity index (χ1v) is 8.85. The monoisotopic (exact) mass is 326 g/mol. The van der Waals surface area contributed by atoms with E-state index in [1.54, 1.807) is 0 Å². The van der Waals surface area contributed by atoms with Gasteiger partial charge in [0.2, 0.25) is 0 Å². The fraction of sp³-hybridized carbons (Fsp3) is 0.833. The molecule has 0 unspecified atom stereocenters. The maximum absolute atomic E-state index is 10.6. The van der Waals surface area contributed by atoms with Crippen molar-refractivity contribution in [1.82, 2.24) is 0 Å². The molecule has 2 rings (SSSR count). The minimum atomic E-state index is -1.05. The lowest BCUT2D eigenvalue weighted by Crippen LogP contribution is -2.37. The Morgan fingerprint density at radius 2 is 2.04 bits per heavy atom. The molecule has 5 nitrogen and oxygen atoms in total.